The van der Waals surface area contributed by atoms with E-state index in [2.05, 4.69) is 20.7 Å². The lowest BCUT2D eigenvalue weighted by molar-refractivity contribution is -0.156. The number of aliphatic hydroxyl groups is 1. The van der Waals surface area contributed by atoms with Gasteiger partial charge in [0.1, 0.15) is 18.3 Å². The number of benzene rings is 2. The van der Waals surface area contributed by atoms with E-state index in [9.17, 15) is 23.1 Å². The highest BCUT2D eigenvalue weighted by molar-refractivity contribution is 9.08. The first-order valence-corrected chi connectivity index (χ1v) is 13.8. The summed E-state index contributed by atoms with van der Waals surface area (Å²) in [5, 5.41) is 11.2. The van der Waals surface area contributed by atoms with E-state index < -0.39 is 52.7 Å². The van der Waals surface area contributed by atoms with Crippen LogP contribution in [-0.2, 0) is 29.6 Å². The highest BCUT2D eigenvalue weighted by Gasteiger charge is 2.31. The van der Waals surface area contributed by atoms with E-state index in [1.54, 1.807) is 39.0 Å². The van der Waals surface area contributed by atoms with Crippen molar-refractivity contribution in [2.75, 3.05) is 6.61 Å². The number of aliphatic hydroxyl groups excluding tert-OH is 1. The van der Waals surface area contributed by atoms with E-state index in [1.165, 1.54) is 24.3 Å². The summed E-state index contributed by atoms with van der Waals surface area (Å²) in [6, 6.07) is 9.21. The number of hydrogen-bond acceptors (Lipinski definition) is 7. The second-order valence-corrected chi connectivity index (χ2v) is 11.7. The van der Waals surface area contributed by atoms with E-state index in [0.29, 0.717) is 10.9 Å². The third-order valence-corrected chi connectivity index (χ3v) is 7.26. The molecule has 8 nitrogen and oxygen atoms in total. The molecule has 12 heteroatoms. The smallest absolute Gasteiger partial charge is 0.341 e. The monoisotopic (exact) mass is 609 g/mol. The molecule has 0 aliphatic carbocycles. The molecule has 0 saturated carbocycles. The molecular weight excluding hydrogens is 585 g/mol. The van der Waals surface area contributed by atoms with Crippen molar-refractivity contribution in [2.24, 2.45) is 0 Å². The van der Waals surface area contributed by atoms with Crippen LogP contribution in [0.1, 0.15) is 43.1 Å². The molecule has 2 aromatic carbocycles. The van der Waals surface area contributed by atoms with E-state index in [4.69, 9.17) is 32.7 Å². The lowest BCUT2D eigenvalue weighted by atomic mass is 10.1. The fourth-order valence-corrected chi connectivity index (χ4v) is 5.16. The van der Waals surface area contributed by atoms with Crippen LogP contribution in [0.15, 0.2) is 47.4 Å². The summed E-state index contributed by atoms with van der Waals surface area (Å²) >= 11 is 15.3. The van der Waals surface area contributed by atoms with Gasteiger partial charge in [0.05, 0.1) is 33.0 Å². The zero-order chi connectivity index (χ0) is 26.4. The maximum absolute atomic E-state index is 13.0. The minimum absolute atomic E-state index is 0.0506. The van der Waals surface area contributed by atoms with Crippen molar-refractivity contribution in [1.29, 1.82) is 0 Å². The largest absolute Gasteiger partial charge is 0.460 e. The van der Waals surface area contributed by atoms with Crippen LogP contribution < -0.4 is 4.72 Å². The molecule has 2 rings (SSSR count). The predicted molar refractivity (Wildman–Crippen MR) is 136 cm³/mol. The Morgan fingerprint density at radius 1 is 1.11 bits per heavy atom. The summed E-state index contributed by atoms with van der Waals surface area (Å²) in [5.41, 5.74) is -0.218. The van der Waals surface area contributed by atoms with Crippen molar-refractivity contribution < 1.29 is 32.6 Å². The minimum Gasteiger partial charge on any atom is -0.460 e. The van der Waals surface area contributed by atoms with Gasteiger partial charge in [-0.3, -0.25) is 4.79 Å². The number of carbonyl (C=O) groups is 2. The Hall–Kier alpha value is -1.69. The van der Waals surface area contributed by atoms with Gasteiger partial charge in [0.15, 0.2) is 0 Å². The van der Waals surface area contributed by atoms with Gasteiger partial charge in [0.25, 0.3) is 0 Å². The van der Waals surface area contributed by atoms with Gasteiger partial charge in [0, 0.05) is 5.33 Å². The van der Waals surface area contributed by atoms with Crippen molar-refractivity contribution >= 4 is 61.1 Å². The van der Waals surface area contributed by atoms with Crippen molar-refractivity contribution in [3.63, 3.8) is 0 Å². The Morgan fingerprint density at radius 3 is 2.29 bits per heavy atom. The van der Waals surface area contributed by atoms with Crippen LogP contribution in [0.2, 0.25) is 10.0 Å². The average Bonchev–Trinajstić information content (AvgIpc) is 2.75. The molecule has 0 radical (unpaired) electrons. The molecule has 0 amide bonds. The van der Waals surface area contributed by atoms with E-state index in [1.807, 2.05) is 0 Å². The number of alkyl halides is 1. The molecule has 0 spiro atoms. The molecule has 35 heavy (non-hydrogen) atoms. The van der Waals surface area contributed by atoms with Gasteiger partial charge in [0.2, 0.25) is 10.0 Å². The topological polar surface area (TPSA) is 119 Å². The van der Waals surface area contributed by atoms with Crippen LogP contribution >= 0.6 is 39.1 Å². The molecule has 0 saturated heterocycles. The Bertz CT molecular complexity index is 1150. The van der Waals surface area contributed by atoms with Gasteiger partial charge < -0.3 is 14.6 Å². The summed E-state index contributed by atoms with van der Waals surface area (Å²) in [6.45, 7) is 4.32. The molecule has 0 aliphatic rings. The third kappa shape index (κ3) is 9.04. The van der Waals surface area contributed by atoms with Gasteiger partial charge in [-0.25, -0.2) is 17.9 Å². The van der Waals surface area contributed by atoms with Crippen LogP contribution in [-0.4, -0.2) is 49.8 Å². The molecule has 2 aromatic rings. The fraction of sp³-hybridized carbons (Fsp3) is 0.391. The maximum atomic E-state index is 13.0. The quantitative estimate of drug-likeness (QED) is 0.301. The van der Waals surface area contributed by atoms with Gasteiger partial charge in [-0.05, 0) is 50.6 Å². The average molecular weight is 611 g/mol. The van der Waals surface area contributed by atoms with E-state index >= 15 is 0 Å². The molecule has 192 valence electrons. The first-order valence-electron chi connectivity index (χ1n) is 10.4. The molecule has 2 N–H and O–H groups in total. The molecule has 0 aliphatic heterocycles. The number of ether oxygens (including phenoxy) is 2. The second-order valence-electron chi connectivity index (χ2n) is 8.56. The minimum atomic E-state index is -4.15. The number of nitrogens with one attached hydrogen (secondary N) is 1. The van der Waals surface area contributed by atoms with Gasteiger partial charge in [-0.15, -0.1) is 0 Å². The lowest BCUT2D eigenvalue weighted by Gasteiger charge is -2.26. The molecule has 0 bridgehead atoms. The third-order valence-electron chi connectivity index (χ3n) is 4.49. The SMILES string of the molecule is CC(C)(C)OC(=O)C[C@H](NS(=O)(=O)c1cccc(CBr)c1)C(O)COC(=O)c1c(Cl)cccc1Cl. The first-order chi connectivity index (χ1) is 16.2. The van der Waals surface area contributed by atoms with E-state index in [0.717, 1.165) is 0 Å². The van der Waals surface area contributed by atoms with Crippen molar-refractivity contribution in [1.82, 2.24) is 4.72 Å². The number of halogens is 3. The summed E-state index contributed by atoms with van der Waals surface area (Å²) in [5.74, 6) is -1.66. The Labute approximate surface area is 223 Å². The van der Waals surface area contributed by atoms with Gasteiger partial charge >= 0.3 is 11.9 Å². The summed E-state index contributed by atoms with van der Waals surface area (Å²) < 4.78 is 38.7. The van der Waals surface area contributed by atoms with E-state index in [-0.39, 0.29) is 20.5 Å². The van der Waals surface area contributed by atoms with Crippen molar-refractivity contribution in [3.8, 4) is 0 Å². The molecule has 0 fully saturated rings. The summed E-state index contributed by atoms with van der Waals surface area (Å²) in [4.78, 5) is 24.8. The van der Waals surface area contributed by atoms with Crippen LogP contribution in [0, 0.1) is 0 Å². The number of esters is 2. The first kappa shape index (κ1) is 29.5. The molecular formula is C23H26BrCl2NO7S. The Kier molecular flexibility index (Phi) is 10.6. The van der Waals surface area contributed by atoms with Crippen LogP contribution in [0.3, 0.4) is 0 Å². The highest BCUT2D eigenvalue weighted by atomic mass is 79.9. The maximum Gasteiger partial charge on any atom is 0.341 e. The molecule has 0 aromatic heterocycles. The zero-order valence-corrected chi connectivity index (χ0v) is 23.2. The number of carbonyl (C=O) groups excluding carboxylic acids is 2. The Balaban J connectivity index is 2.24. The van der Waals surface area contributed by atoms with Crippen molar-refractivity contribution in [2.45, 2.75) is 55.2 Å². The summed E-state index contributed by atoms with van der Waals surface area (Å²) in [6.07, 6.45) is -2.11. The van der Waals surface area contributed by atoms with Crippen LogP contribution in [0.25, 0.3) is 0 Å². The van der Waals surface area contributed by atoms with Crippen LogP contribution in [0.4, 0.5) is 0 Å². The summed E-state index contributed by atoms with van der Waals surface area (Å²) in [7, 11) is -4.15. The number of rotatable bonds is 10. The molecule has 1 unspecified atom stereocenters. The lowest BCUT2D eigenvalue weighted by Crippen LogP contribution is -2.47. The number of hydrogen-bond donors (Lipinski definition) is 2. The predicted octanol–water partition coefficient (Wildman–Crippen LogP) is 4.48. The number of sulfonamides is 1. The van der Waals surface area contributed by atoms with Gasteiger partial charge in [-0.2, -0.15) is 0 Å². The van der Waals surface area contributed by atoms with Gasteiger partial charge in [-0.1, -0.05) is 57.3 Å². The molecule has 0 heterocycles. The standard InChI is InChI=1S/C23H26BrCl2NO7S/c1-23(2,3)34-20(29)11-18(27-35(31,32)15-7-4-6-14(10-15)12-24)19(28)13-33-22(30)21-16(25)8-5-9-17(21)26/h4-10,18-19,27-28H,11-13H2,1-3H3/t18-,19?/m0/s1. The van der Waals surface area contributed by atoms with Crippen LogP contribution in [0.5, 0.6) is 0 Å². The zero-order valence-electron chi connectivity index (χ0n) is 19.3. The van der Waals surface area contributed by atoms with Crippen molar-refractivity contribution in [3.05, 3.63) is 63.6 Å². The molecule has 2 atom stereocenters. The normalized spacial score (nSPS) is 13.7. The Morgan fingerprint density at radius 2 is 1.71 bits per heavy atom. The highest BCUT2D eigenvalue weighted by Crippen LogP contribution is 2.25. The second kappa shape index (κ2) is 12.5. The fourth-order valence-electron chi connectivity index (χ4n) is 2.92.